The predicted molar refractivity (Wildman–Crippen MR) is 112 cm³/mol. The molecule has 0 bridgehead atoms. The molecule has 6 nitrogen and oxygen atoms in total. The first-order valence-corrected chi connectivity index (χ1v) is 11.1. The fraction of sp³-hybridized carbons (Fsp3) is 0.652. The number of carbonyl (C=O) groups excluding carboxylic acids is 1. The van der Waals surface area contributed by atoms with E-state index < -0.39 is 0 Å². The van der Waals surface area contributed by atoms with Crippen LogP contribution in [0, 0.1) is 11.3 Å². The molecule has 1 saturated carbocycles. The van der Waals surface area contributed by atoms with Crippen LogP contribution in [0.15, 0.2) is 22.6 Å². The summed E-state index contributed by atoms with van der Waals surface area (Å²) in [5.74, 6) is 1.51. The van der Waals surface area contributed by atoms with Gasteiger partial charge in [-0.1, -0.05) is 12.8 Å². The molecule has 0 N–H and O–H groups in total. The van der Waals surface area contributed by atoms with Gasteiger partial charge in [-0.05, 0) is 55.6 Å². The van der Waals surface area contributed by atoms with Gasteiger partial charge in [0, 0.05) is 38.7 Å². The number of hydrogen-bond donors (Lipinski definition) is 0. The number of benzene rings is 1. The van der Waals surface area contributed by atoms with Crippen molar-refractivity contribution < 1.29 is 13.9 Å². The van der Waals surface area contributed by atoms with Gasteiger partial charge in [-0.3, -0.25) is 4.79 Å². The van der Waals surface area contributed by atoms with Crippen LogP contribution in [-0.2, 0) is 4.79 Å². The van der Waals surface area contributed by atoms with Crippen molar-refractivity contribution in [3.8, 4) is 5.75 Å². The minimum Gasteiger partial charge on any atom is -0.497 e. The van der Waals surface area contributed by atoms with Crippen LogP contribution in [0.25, 0.3) is 11.1 Å². The minimum atomic E-state index is 0.350. The van der Waals surface area contributed by atoms with Crippen LogP contribution in [0.4, 0.5) is 6.01 Å². The van der Waals surface area contributed by atoms with Crippen molar-refractivity contribution in [3.63, 3.8) is 0 Å². The van der Waals surface area contributed by atoms with Crippen LogP contribution in [0.2, 0.25) is 0 Å². The van der Waals surface area contributed by atoms with E-state index in [2.05, 4.69) is 14.8 Å². The van der Waals surface area contributed by atoms with Gasteiger partial charge in [0.05, 0.1) is 7.11 Å². The number of anilines is 1. The van der Waals surface area contributed by atoms with Crippen molar-refractivity contribution in [2.24, 2.45) is 11.3 Å². The Bertz CT molecular complexity index is 887. The van der Waals surface area contributed by atoms with Crippen LogP contribution in [-0.4, -0.2) is 49.1 Å². The number of hydrogen-bond acceptors (Lipinski definition) is 5. The third-order valence-corrected chi connectivity index (χ3v) is 7.29. The molecular formula is C23H31N3O3. The Morgan fingerprint density at radius 1 is 1.24 bits per heavy atom. The van der Waals surface area contributed by atoms with Gasteiger partial charge in [-0.15, -0.1) is 0 Å². The van der Waals surface area contributed by atoms with Gasteiger partial charge < -0.3 is 19.0 Å². The zero-order valence-electron chi connectivity index (χ0n) is 17.4. The lowest BCUT2D eigenvalue weighted by Gasteiger charge is -2.32. The third kappa shape index (κ3) is 3.69. The summed E-state index contributed by atoms with van der Waals surface area (Å²) >= 11 is 0. The number of carbonyl (C=O) groups is 1. The molecule has 3 heterocycles. The van der Waals surface area contributed by atoms with Crippen LogP contribution in [0.1, 0.15) is 51.4 Å². The smallest absolute Gasteiger partial charge is 0.298 e. The van der Waals surface area contributed by atoms with E-state index in [0.29, 0.717) is 29.7 Å². The van der Waals surface area contributed by atoms with E-state index >= 15 is 0 Å². The minimum absolute atomic E-state index is 0.350. The number of fused-ring (bicyclic) bond motifs is 1. The number of piperidine rings is 1. The number of ether oxygens (including phenoxy) is 1. The summed E-state index contributed by atoms with van der Waals surface area (Å²) in [6.45, 7) is 3.73. The van der Waals surface area contributed by atoms with Crippen LogP contribution in [0.5, 0.6) is 5.75 Å². The molecule has 1 spiro atoms. The normalized spacial score (nSPS) is 24.0. The maximum atomic E-state index is 13.0. The molecule has 2 aliphatic heterocycles. The summed E-state index contributed by atoms with van der Waals surface area (Å²) in [5.41, 5.74) is 2.04. The molecule has 1 aromatic heterocycles. The molecule has 1 atom stereocenters. The highest BCUT2D eigenvalue weighted by Gasteiger charge is 2.42. The van der Waals surface area contributed by atoms with E-state index in [1.807, 2.05) is 18.2 Å². The highest BCUT2D eigenvalue weighted by atomic mass is 16.5. The molecule has 2 saturated heterocycles. The predicted octanol–water partition coefficient (Wildman–Crippen LogP) is 4.24. The number of rotatable bonds is 4. The second-order valence-electron chi connectivity index (χ2n) is 9.26. The summed E-state index contributed by atoms with van der Waals surface area (Å²) in [7, 11) is 1.66. The van der Waals surface area contributed by atoms with E-state index in [1.54, 1.807) is 7.11 Å². The Morgan fingerprint density at radius 2 is 2.10 bits per heavy atom. The lowest BCUT2D eigenvalue weighted by atomic mass is 9.86. The van der Waals surface area contributed by atoms with Gasteiger partial charge >= 0.3 is 0 Å². The van der Waals surface area contributed by atoms with Crippen molar-refractivity contribution in [3.05, 3.63) is 18.2 Å². The standard InChI is InChI=1S/C23H31N3O3/c1-28-18-6-7-20-19(14-18)24-22(29-20)25-11-4-5-17(15-25)13-21(27)26-12-10-23(16-26)8-2-3-9-23/h6-7,14,17H,2-5,8-13,15-16H2,1H3. The Balaban J connectivity index is 1.22. The van der Waals surface area contributed by atoms with Crippen molar-refractivity contribution in [1.82, 2.24) is 9.88 Å². The molecular weight excluding hydrogens is 366 g/mol. The van der Waals surface area contributed by atoms with E-state index in [1.165, 1.54) is 32.1 Å². The molecule has 6 heteroatoms. The summed E-state index contributed by atoms with van der Waals surface area (Å²) < 4.78 is 11.3. The first-order valence-electron chi connectivity index (χ1n) is 11.1. The Labute approximate surface area is 172 Å². The molecule has 2 aromatic rings. The fourth-order valence-corrected chi connectivity index (χ4v) is 5.62. The highest BCUT2D eigenvalue weighted by Crippen LogP contribution is 2.45. The molecule has 156 valence electrons. The number of amides is 1. The van der Waals surface area contributed by atoms with E-state index in [4.69, 9.17) is 9.15 Å². The Morgan fingerprint density at radius 3 is 2.93 bits per heavy atom. The number of likely N-dealkylation sites (tertiary alicyclic amines) is 1. The Kier molecular flexibility index (Phi) is 4.88. The van der Waals surface area contributed by atoms with E-state index in [-0.39, 0.29) is 0 Å². The lowest BCUT2D eigenvalue weighted by Crippen LogP contribution is -2.39. The summed E-state index contributed by atoms with van der Waals surface area (Å²) in [5, 5.41) is 0. The monoisotopic (exact) mass is 397 g/mol. The fourth-order valence-electron chi connectivity index (χ4n) is 5.62. The van der Waals surface area contributed by atoms with E-state index in [0.717, 1.165) is 55.9 Å². The first kappa shape index (κ1) is 18.8. The quantitative estimate of drug-likeness (QED) is 0.772. The Hall–Kier alpha value is -2.24. The van der Waals surface area contributed by atoms with Crippen LogP contribution < -0.4 is 9.64 Å². The average molecular weight is 398 g/mol. The van der Waals surface area contributed by atoms with Gasteiger partial charge in [-0.25, -0.2) is 0 Å². The first-order chi connectivity index (χ1) is 14.1. The third-order valence-electron chi connectivity index (χ3n) is 7.29. The van der Waals surface area contributed by atoms with Crippen molar-refractivity contribution >= 4 is 23.0 Å². The van der Waals surface area contributed by atoms with E-state index in [9.17, 15) is 4.79 Å². The summed E-state index contributed by atoms with van der Waals surface area (Å²) in [6.07, 6.45) is 9.36. The molecule has 1 unspecified atom stereocenters. The number of nitrogens with zero attached hydrogens (tertiary/aromatic N) is 3. The molecule has 1 aliphatic carbocycles. The second kappa shape index (κ2) is 7.54. The highest BCUT2D eigenvalue weighted by molar-refractivity contribution is 5.77. The SMILES string of the molecule is COc1ccc2oc(N3CCCC(CC(=O)N4CCC5(CCCC5)C4)C3)nc2c1. The average Bonchev–Trinajstić information content (AvgIpc) is 3.48. The molecule has 0 radical (unpaired) electrons. The number of methoxy groups -OCH3 is 1. The maximum absolute atomic E-state index is 13.0. The van der Waals surface area contributed by atoms with Gasteiger partial charge in [0.2, 0.25) is 5.91 Å². The van der Waals surface area contributed by atoms with Gasteiger partial charge in [-0.2, -0.15) is 4.98 Å². The molecule has 1 amide bonds. The topological polar surface area (TPSA) is 58.8 Å². The maximum Gasteiger partial charge on any atom is 0.298 e. The molecule has 5 rings (SSSR count). The van der Waals surface area contributed by atoms with Crippen LogP contribution >= 0.6 is 0 Å². The van der Waals surface area contributed by atoms with Crippen molar-refractivity contribution in [2.75, 3.05) is 38.2 Å². The number of aromatic nitrogens is 1. The van der Waals surface area contributed by atoms with Crippen LogP contribution in [0.3, 0.4) is 0 Å². The summed E-state index contributed by atoms with van der Waals surface area (Å²) in [4.78, 5) is 22.0. The van der Waals surface area contributed by atoms with Gasteiger partial charge in [0.1, 0.15) is 11.3 Å². The lowest BCUT2D eigenvalue weighted by molar-refractivity contribution is -0.131. The largest absolute Gasteiger partial charge is 0.497 e. The van der Waals surface area contributed by atoms with Crippen molar-refractivity contribution in [1.29, 1.82) is 0 Å². The molecule has 1 aromatic carbocycles. The zero-order chi connectivity index (χ0) is 19.8. The molecule has 3 aliphatic rings. The summed E-state index contributed by atoms with van der Waals surface area (Å²) in [6, 6.07) is 6.36. The molecule has 29 heavy (non-hydrogen) atoms. The van der Waals surface area contributed by atoms with Crippen molar-refractivity contribution in [2.45, 2.75) is 51.4 Å². The number of oxazole rings is 1. The van der Waals surface area contributed by atoms with Gasteiger partial charge in [0.25, 0.3) is 6.01 Å². The zero-order valence-corrected chi connectivity index (χ0v) is 17.4. The molecule has 3 fully saturated rings. The van der Waals surface area contributed by atoms with Gasteiger partial charge in [0.15, 0.2) is 5.58 Å². The second-order valence-corrected chi connectivity index (χ2v) is 9.26.